The lowest BCUT2D eigenvalue weighted by Crippen LogP contribution is -2.23. The van der Waals surface area contributed by atoms with Crippen molar-refractivity contribution in [2.75, 3.05) is 17.6 Å². The van der Waals surface area contributed by atoms with Gasteiger partial charge in [-0.25, -0.2) is 0 Å². The fraction of sp³-hybridized carbons (Fsp3) is 0.500. The molecule has 6 heteroatoms. The fourth-order valence-corrected chi connectivity index (χ4v) is 2.75. The van der Waals surface area contributed by atoms with Gasteiger partial charge in [0.1, 0.15) is 15.6 Å². The summed E-state index contributed by atoms with van der Waals surface area (Å²) in [6, 6.07) is 0.478. The van der Waals surface area contributed by atoms with Gasteiger partial charge in [-0.3, -0.25) is 4.79 Å². The first-order valence-corrected chi connectivity index (χ1v) is 7.59. The first-order valence-electron chi connectivity index (χ1n) is 6.77. The molecule has 2 rings (SSSR count). The van der Waals surface area contributed by atoms with Crippen LogP contribution < -0.4 is 21.1 Å². The Hall–Kier alpha value is -1.69. The molecule has 1 fully saturated rings. The molecule has 1 aliphatic rings. The molecule has 0 aliphatic heterocycles. The Labute approximate surface area is 123 Å². The van der Waals surface area contributed by atoms with E-state index < -0.39 is 0 Å². The van der Waals surface area contributed by atoms with Gasteiger partial charge in [0, 0.05) is 12.6 Å². The highest BCUT2D eigenvalue weighted by Crippen LogP contribution is 2.45. The van der Waals surface area contributed by atoms with Gasteiger partial charge >= 0.3 is 0 Å². The minimum absolute atomic E-state index is 0.00994. The largest absolute Gasteiger partial charge is 0.486 e. The Kier molecular flexibility index (Phi) is 4.54. The van der Waals surface area contributed by atoms with E-state index in [0.29, 0.717) is 28.9 Å². The maximum Gasteiger partial charge on any atom is 0.263 e. The van der Waals surface area contributed by atoms with Crippen LogP contribution in [0.15, 0.2) is 12.7 Å². The first-order chi connectivity index (χ1) is 9.52. The van der Waals surface area contributed by atoms with Crippen molar-refractivity contribution in [2.45, 2.75) is 38.8 Å². The summed E-state index contributed by atoms with van der Waals surface area (Å²) in [6.07, 6.45) is 3.94. The number of nitrogen functional groups attached to an aromatic ring is 1. The Bertz CT molecular complexity index is 507. The second-order valence-corrected chi connectivity index (χ2v) is 6.11. The summed E-state index contributed by atoms with van der Waals surface area (Å²) >= 11 is 1.35. The molecular formula is C14H21N3O2S. The third-order valence-electron chi connectivity index (χ3n) is 2.78. The lowest BCUT2D eigenvalue weighted by Gasteiger charge is -2.12. The van der Waals surface area contributed by atoms with Gasteiger partial charge in [0.05, 0.1) is 6.10 Å². The molecule has 20 heavy (non-hydrogen) atoms. The standard InChI is InChI=1S/C14H21N3O2S/c1-4-7-16-13(18)12-10(15)11(19-8(2)3)14(20-12)17-9-5-6-9/h4,8-9,17H,1,5-7,15H2,2-3H3,(H,16,18). The highest BCUT2D eigenvalue weighted by Gasteiger charge is 2.28. The zero-order valence-electron chi connectivity index (χ0n) is 11.9. The van der Waals surface area contributed by atoms with Crippen LogP contribution in [0.5, 0.6) is 5.75 Å². The molecular weight excluding hydrogens is 274 g/mol. The van der Waals surface area contributed by atoms with Crippen LogP contribution in [0.2, 0.25) is 0 Å². The maximum atomic E-state index is 12.1. The Morgan fingerprint density at radius 2 is 2.30 bits per heavy atom. The average Bonchev–Trinajstić information content (AvgIpc) is 3.16. The maximum absolute atomic E-state index is 12.1. The van der Waals surface area contributed by atoms with E-state index in [1.807, 2.05) is 13.8 Å². The number of hydrogen-bond acceptors (Lipinski definition) is 5. The molecule has 1 saturated carbocycles. The van der Waals surface area contributed by atoms with Crippen molar-refractivity contribution in [2.24, 2.45) is 0 Å². The normalized spacial score (nSPS) is 14.2. The van der Waals surface area contributed by atoms with E-state index in [1.165, 1.54) is 11.3 Å². The van der Waals surface area contributed by atoms with E-state index in [2.05, 4.69) is 17.2 Å². The number of amides is 1. The summed E-state index contributed by atoms with van der Waals surface area (Å²) in [7, 11) is 0. The molecule has 0 atom stereocenters. The van der Waals surface area contributed by atoms with Crippen molar-refractivity contribution >= 4 is 27.9 Å². The van der Waals surface area contributed by atoms with Crippen molar-refractivity contribution < 1.29 is 9.53 Å². The number of nitrogens with two attached hydrogens (primary N) is 1. The van der Waals surface area contributed by atoms with Gasteiger partial charge in [-0.1, -0.05) is 6.08 Å². The average molecular weight is 295 g/mol. The van der Waals surface area contributed by atoms with E-state index >= 15 is 0 Å². The van der Waals surface area contributed by atoms with E-state index in [-0.39, 0.29) is 12.0 Å². The van der Waals surface area contributed by atoms with E-state index in [4.69, 9.17) is 10.5 Å². The minimum atomic E-state index is -0.190. The Morgan fingerprint density at radius 1 is 1.60 bits per heavy atom. The highest BCUT2D eigenvalue weighted by molar-refractivity contribution is 7.19. The van der Waals surface area contributed by atoms with Gasteiger partial charge in [-0.2, -0.15) is 0 Å². The van der Waals surface area contributed by atoms with Crippen LogP contribution in [0.4, 0.5) is 10.7 Å². The molecule has 110 valence electrons. The molecule has 1 amide bonds. The number of thiophene rings is 1. The second kappa shape index (κ2) is 6.17. The van der Waals surface area contributed by atoms with Crippen LogP contribution in [-0.4, -0.2) is 24.6 Å². The SMILES string of the molecule is C=CCNC(=O)c1sc(NC2CC2)c(OC(C)C)c1N. The summed E-state index contributed by atoms with van der Waals surface area (Å²) in [5.74, 6) is 0.408. The van der Waals surface area contributed by atoms with Gasteiger partial charge in [0.15, 0.2) is 5.75 Å². The molecule has 0 bridgehead atoms. The third kappa shape index (κ3) is 3.45. The zero-order valence-corrected chi connectivity index (χ0v) is 12.7. The van der Waals surface area contributed by atoms with Crippen LogP contribution in [0.3, 0.4) is 0 Å². The summed E-state index contributed by atoms with van der Waals surface area (Å²) < 4.78 is 5.76. The van der Waals surface area contributed by atoms with Crippen molar-refractivity contribution in [3.05, 3.63) is 17.5 Å². The quantitative estimate of drug-likeness (QED) is 0.676. The summed E-state index contributed by atoms with van der Waals surface area (Å²) in [6.45, 7) is 7.88. The number of hydrogen-bond donors (Lipinski definition) is 3. The number of nitrogens with one attached hydrogen (secondary N) is 2. The third-order valence-corrected chi connectivity index (χ3v) is 3.90. The summed E-state index contributed by atoms with van der Waals surface area (Å²) in [4.78, 5) is 12.6. The first kappa shape index (κ1) is 14.7. The van der Waals surface area contributed by atoms with Gasteiger partial charge in [0.25, 0.3) is 5.91 Å². The number of rotatable bonds is 7. The van der Waals surface area contributed by atoms with Gasteiger partial charge in [-0.15, -0.1) is 17.9 Å². The monoisotopic (exact) mass is 295 g/mol. The molecule has 4 N–H and O–H groups in total. The van der Waals surface area contributed by atoms with Crippen LogP contribution in [-0.2, 0) is 0 Å². The van der Waals surface area contributed by atoms with Crippen LogP contribution >= 0.6 is 11.3 Å². The van der Waals surface area contributed by atoms with E-state index in [1.54, 1.807) is 6.08 Å². The Morgan fingerprint density at radius 3 is 2.85 bits per heavy atom. The van der Waals surface area contributed by atoms with Crippen molar-refractivity contribution in [3.63, 3.8) is 0 Å². The molecule has 0 saturated heterocycles. The van der Waals surface area contributed by atoms with Gasteiger partial charge < -0.3 is 21.1 Å². The minimum Gasteiger partial charge on any atom is -0.486 e. The molecule has 0 aromatic carbocycles. The topological polar surface area (TPSA) is 76.4 Å². The summed E-state index contributed by atoms with van der Waals surface area (Å²) in [5, 5.41) is 6.97. The predicted molar refractivity (Wildman–Crippen MR) is 83.7 cm³/mol. The predicted octanol–water partition coefficient (Wildman–Crippen LogP) is 2.61. The highest BCUT2D eigenvalue weighted by atomic mass is 32.1. The van der Waals surface area contributed by atoms with E-state index in [0.717, 1.165) is 17.8 Å². The molecule has 5 nitrogen and oxygen atoms in total. The fourth-order valence-electron chi connectivity index (χ4n) is 1.70. The lowest BCUT2D eigenvalue weighted by molar-refractivity contribution is 0.0962. The van der Waals surface area contributed by atoms with Crippen LogP contribution in [0.1, 0.15) is 36.4 Å². The van der Waals surface area contributed by atoms with Gasteiger partial charge in [-0.05, 0) is 26.7 Å². The number of anilines is 2. The molecule has 0 radical (unpaired) electrons. The van der Waals surface area contributed by atoms with Crippen LogP contribution in [0.25, 0.3) is 0 Å². The number of carbonyl (C=O) groups excluding carboxylic acids is 1. The second-order valence-electron chi connectivity index (χ2n) is 5.09. The van der Waals surface area contributed by atoms with Crippen molar-refractivity contribution in [3.8, 4) is 5.75 Å². The summed E-state index contributed by atoms with van der Waals surface area (Å²) in [5.41, 5.74) is 6.49. The zero-order chi connectivity index (χ0) is 14.7. The molecule has 0 unspecified atom stereocenters. The van der Waals surface area contributed by atoms with Crippen molar-refractivity contribution in [1.82, 2.24) is 5.32 Å². The molecule has 0 spiro atoms. The van der Waals surface area contributed by atoms with E-state index in [9.17, 15) is 4.79 Å². The smallest absolute Gasteiger partial charge is 0.263 e. The number of carbonyl (C=O) groups is 1. The lowest BCUT2D eigenvalue weighted by atomic mass is 10.3. The van der Waals surface area contributed by atoms with Crippen molar-refractivity contribution in [1.29, 1.82) is 0 Å². The number of ether oxygens (including phenoxy) is 1. The van der Waals surface area contributed by atoms with Gasteiger partial charge in [0.2, 0.25) is 0 Å². The molecule has 1 aromatic rings. The molecule has 1 heterocycles. The van der Waals surface area contributed by atoms with Crippen LogP contribution in [0, 0.1) is 0 Å². The molecule has 1 aliphatic carbocycles. The Balaban J connectivity index is 2.24. The molecule has 1 aromatic heterocycles.